The first-order valence-corrected chi connectivity index (χ1v) is 11.2. The van der Waals surface area contributed by atoms with Gasteiger partial charge in [-0.25, -0.2) is 5.48 Å². The summed E-state index contributed by atoms with van der Waals surface area (Å²) in [4.78, 5) is 39.6. The molecule has 0 unspecified atom stereocenters. The predicted molar refractivity (Wildman–Crippen MR) is 133 cm³/mol. The number of hydrogen-bond donors (Lipinski definition) is 3. The maximum Gasteiger partial charge on any atom is 0.274 e. The Kier molecular flexibility index (Phi) is 7.50. The molecule has 176 valence electrons. The molecule has 0 fully saturated rings. The lowest BCUT2D eigenvalue weighted by molar-refractivity contribution is -0.122. The highest BCUT2D eigenvalue weighted by Gasteiger charge is 2.21. The van der Waals surface area contributed by atoms with Crippen LogP contribution in [0.1, 0.15) is 31.8 Å². The molecule has 0 saturated carbocycles. The molecule has 0 aromatic heterocycles. The molecule has 0 aliphatic heterocycles. The van der Waals surface area contributed by atoms with Crippen LogP contribution in [0.4, 0.5) is 0 Å². The van der Waals surface area contributed by atoms with Crippen molar-refractivity contribution in [3.8, 4) is 0 Å². The Morgan fingerprint density at radius 1 is 0.743 bits per heavy atom. The van der Waals surface area contributed by atoms with Crippen LogP contribution < -0.4 is 10.8 Å². The Morgan fingerprint density at radius 2 is 1.43 bits per heavy atom. The van der Waals surface area contributed by atoms with E-state index in [1.54, 1.807) is 35.8 Å². The van der Waals surface area contributed by atoms with Crippen LogP contribution in [-0.2, 0) is 17.9 Å². The Hall–Kier alpha value is -4.49. The summed E-state index contributed by atoms with van der Waals surface area (Å²) in [6.45, 7) is 0.399. The Bertz CT molecular complexity index is 1330. The molecule has 3 amide bonds. The van der Waals surface area contributed by atoms with Crippen molar-refractivity contribution in [3.05, 3.63) is 119 Å². The van der Waals surface area contributed by atoms with E-state index in [9.17, 15) is 14.4 Å². The Balaban J connectivity index is 1.57. The fourth-order valence-corrected chi connectivity index (χ4v) is 3.85. The molecule has 0 aliphatic rings. The van der Waals surface area contributed by atoms with Crippen molar-refractivity contribution < 1.29 is 19.6 Å². The van der Waals surface area contributed by atoms with Gasteiger partial charge >= 0.3 is 0 Å². The van der Waals surface area contributed by atoms with E-state index in [4.69, 9.17) is 5.21 Å². The van der Waals surface area contributed by atoms with Gasteiger partial charge in [0.2, 0.25) is 5.91 Å². The number of benzene rings is 4. The molecule has 4 aromatic carbocycles. The molecular formula is C28H25N3O4. The minimum atomic E-state index is -0.625. The van der Waals surface area contributed by atoms with Crippen LogP contribution in [0.2, 0.25) is 0 Å². The zero-order valence-corrected chi connectivity index (χ0v) is 19.0. The van der Waals surface area contributed by atoms with Gasteiger partial charge < -0.3 is 10.2 Å². The number of rotatable bonds is 8. The van der Waals surface area contributed by atoms with Crippen LogP contribution in [0, 0.1) is 0 Å². The molecule has 0 atom stereocenters. The smallest absolute Gasteiger partial charge is 0.274 e. The van der Waals surface area contributed by atoms with Gasteiger partial charge in [-0.3, -0.25) is 19.6 Å². The Labute approximate surface area is 203 Å². The van der Waals surface area contributed by atoms with Gasteiger partial charge in [0.05, 0.1) is 0 Å². The van der Waals surface area contributed by atoms with Gasteiger partial charge in [-0.15, -0.1) is 0 Å². The van der Waals surface area contributed by atoms with Gasteiger partial charge in [0.25, 0.3) is 11.8 Å². The average Bonchev–Trinajstić information content (AvgIpc) is 2.91. The second-order valence-corrected chi connectivity index (χ2v) is 8.09. The minimum Gasteiger partial charge on any atom is -0.350 e. The van der Waals surface area contributed by atoms with Gasteiger partial charge in [-0.1, -0.05) is 78.9 Å². The van der Waals surface area contributed by atoms with Gasteiger partial charge in [-0.05, 0) is 40.1 Å². The van der Waals surface area contributed by atoms with Crippen LogP contribution in [0.25, 0.3) is 10.8 Å². The summed E-state index contributed by atoms with van der Waals surface area (Å²) in [5.41, 5.74) is 4.09. The van der Waals surface area contributed by atoms with Crippen molar-refractivity contribution in [3.63, 3.8) is 0 Å². The second-order valence-electron chi connectivity index (χ2n) is 8.09. The first-order chi connectivity index (χ1) is 17.0. The SMILES string of the molecule is O=C(CN(Cc1ccc(C(=O)NO)cc1)C(=O)c1cccc2ccccc12)NCc1ccccc1. The number of amides is 3. The number of hydrogen-bond acceptors (Lipinski definition) is 4. The van der Waals surface area contributed by atoms with Gasteiger partial charge in [0, 0.05) is 24.2 Å². The summed E-state index contributed by atoms with van der Waals surface area (Å²) in [6.07, 6.45) is 0. The van der Waals surface area contributed by atoms with Crippen molar-refractivity contribution in [1.29, 1.82) is 0 Å². The van der Waals surface area contributed by atoms with Crippen LogP contribution in [-0.4, -0.2) is 34.4 Å². The van der Waals surface area contributed by atoms with E-state index in [2.05, 4.69) is 5.32 Å². The molecule has 0 heterocycles. The van der Waals surface area contributed by atoms with E-state index >= 15 is 0 Å². The fraction of sp³-hybridized carbons (Fsp3) is 0.107. The van der Waals surface area contributed by atoms with Crippen LogP contribution >= 0.6 is 0 Å². The molecule has 7 nitrogen and oxygen atoms in total. The Morgan fingerprint density at radius 3 is 2.17 bits per heavy atom. The van der Waals surface area contributed by atoms with Crippen LogP contribution in [0.15, 0.2) is 97.1 Å². The third-order valence-electron chi connectivity index (χ3n) is 5.67. The molecule has 0 spiro atoms. The molecule has 0 saturated heterocycles. The van der Waals surface area contributed by atoms with E-state index in [0.29, 0.717) is 12.1 Å². The number of carbonyl (C=O) groups is 3. The van der Waals surface area contributed by atoms with E-state index in [1.807, 2.05) is 66.7 Å². The van der Waals surface area contributed by atoms with Crippen molar-refractivity contribution in [2.24, 2.45) is 0 Å². The second kappa shape index (κ2) is 11.1. The minimum absolute atomic E-state index is 0.131. The summed E-state index contributed by atoms with van der Waals surface area (Å²) in [7, 11) is 0. The number of carbonyl (C=O) groups excluding carboxylic acids is 3. The highest BCUT2D eigenvalue weighted by atomic mass is 16.5. The molecule has 0 radical (unpaired) electrons. The highest BCUT2D eigenvalue weighted by molar-refractivity contribution is 6.07. The quantitative estimate of drug-likeness (QED) is 0.270. The molecule has 0 bridgehead atoms. The van der Waals surface area contributed by atoms with Crippen LogP contribution in [0.5, 0.6) is 0 Å². The zero-order chi connectivity index (χ0) is 24.6. The van der Waals surface area contributed by atoms with E-state index in [1.165, 1.54) is 4.90 Å². The van der Waals surface area contributed by atoms with E-state index < -0.39 is 5.91 Å². The zero-order valence-electron chi connectivity index (χ0n) is 19.0. The lowest BCUT2D eigenvalue weighted by Crippen LogP contribution is -2.40. The van der Waals surface area contributed by atoms with Crippen molar-refractivity contribution in [2.75, 3.05) is 6.54 Å². The van der Waals surface area contributed by atoms with Crippen molar-refractivity contribution in [1.82, 2.24) is 15.7 Å². The average molecular weight is 468 g/mol. The molecule has 35 heavy (non-hydrogen) atoms. The lowest BCUT2D eigenvalue weighted by atomic mass is 10.0. The maximum absolute atomic E-state index is 13.6. The number of nitrogens with zero attached hydrogens (tertiary/aromatic N) is 1. The van der Waals surface area contributed by atoms with Crippen molar-refractivity contribution in [2.45, 2.75) is 13.1 Å². The lowest BCUT2D eigenvalue weighted by Gasteiger charge is -2.23. The molecule has 4 aromatic rings. The summed E-state index contributed by atoms with van der Waals surface area (Å²) in [5.74, 6) is -1.17. The van der Waals surface area contributed by atoms with Crippen molar-refractivity contribution >= 4 is 28.5 Å². The molecule has 3 N–H and O–H groups in total. The highest BCUT2D eigenvalue weighted by Crippen LogP contribution is 2.21. The monoisotopic (exact) mass is 467 g/mol. The summed E-state index contributed by atoms with van der Waals surface area (Å²) >= 11 is 0. The molecule has 0 aliphatic carbocycles. The van der Waals surface area contributed by atoms with Gasteiger partial charge in [0.15, 0.2) is 0 Å². The van der Waals surface area contributed by atoms with Gasteiger partial charge in [-0.2, -0.15) is 0 Å². The van der Waals surface area contributed by atoms with E-state index in [-0.39, 0.29) is 30.5 Å². The van der Waals surface area contributed by atoms with Gasteiger partial charge in [0.1, 0.15) is 6.54 Å². The van der Waals surface area contributed by atoms with Crippen LogP contribution in [0.3, 0.4) is 0 Å². The predicted octanol–water partition coefficient (Wildman–Crippen LogP) is 3.92. The first-order valence-electron chi connectivity index (χ1n) is 11.2. The largest absolute Gasteiger partial charge is 0.350 e. The third-order valence-corrected chi connectivity index (χ3v) is 5.67. The molecule has 4 rings (SSSR count). The third kappa shape index (κ3) is 5.90. The molecular weight excluding hydrogens is 442 g/mol. The number of fused-ring (bicyclic) bond motifs is 1. The number of nitrogens with one attached hydrogen (secondary N) is 2. The first kappa shape index (κ1) is 23.7. The maximum atomic E-state index is 13.6. The van der Waals surface area contributed by atoms with E-state index in [0.717, 1.165) is 21.9 Å². The topological polar surface area (TPSA) is 98.7 Å². The summed E-state index contributed by atoms with van der Waals surface area (Å²) in [6, 6.07) is 29.2. The summed E-state index contributed by atoms with van der Waals surface area (Å²) < 4.78 is 0. The fourth-order valence-electron chi connectivity index (χ4n) is 3.85. The standard InChI is InChI=1S/C28H25N3O4/c32-26(29-17-20-7-2-1-3-8-20)19-31(18-21-13-15-23(16-14-21)27(33)30-35)28(34)25-12-6-10-22-9-4-5-11-24(22)25/h1-16,35H,17-19H2,(H,29,32)(H,30,33). The molecule has 7 heteroatoms. The normalized spacial score (nSPS) is 10.5. The number of hydroxylamine groups is 1. The summed E-state index contributed by atoms with van der Waals surface area (Å²) in [5, 5.41) is 13.4.